The Labute approximate surface area is 113 Å². The van der Waals surface area contributed by atoms with E-state index in [1.54, 1.807) is 0 Å². The number of rotatable bonds is 1. The van der Waals surface area contributed by atoms with Crippen LogP contribution in [0.3, 0.4) is 0 Å². The van der Waals surface area contributed by atoms with E-state index in [0.29, 0.717) is 0 Å². The van der Waals surface area contributed by atoms with Gasteiger partial charge in [0.1, 0.15) is 5.82 Å². The van der Waals surface area contributed by atoms with Crippen LogP contribution in [-0.4, -0.2) is 9.78 Å². The fraction of sp³-hybridized carbons (Fsp3) is 0.188. The molecule has 2 heterocycles. The Hall–Kier alpha value is -2.47. The molecule has 0 spiro atoms. The third-order valence-corrected chi connectivity index (χ3v) is 3.39. The van der Waals surface area contributed by atoms with E-state index in [2.05, 4.69) is 35.8 Å². The first-order chi connectivity index (χ1) is 9.20. The van der Waals surface area contributed by atoms with Gasteiger partial charge >= 0.3 is 0 Å². The Bertz CT molecular complexity index is 671. The van der Waals surface area contributed by atoms with Crippen LogP contribution in [0.15, 0.2) is 48.3 Å². The van der Waals surface area contributed by atoms with Gasteiger partial charge in [-0.15, -0.1) is 6.42 Å². The number of allylic oxidation sites excluding steroid dienone is 2. The monoisotopic (exact) mass is 249 g/mol. The lowest BCUT2D eigenvalue weighted by molar-refractivity contribution is 0.564. The van der Waals surface area contributed by atoms with Gasteiger partial charge in [0.05, 0.1) is 12.2 Å². The van der Waals surface area contributed by atoms with Crippen LogP contribution in [0.5, 0.6) is 0 Å². The molecular weight excluding hydrogens is 234 g/mol. The van der Waals surface area contributed by atoms with Crippen molar-refractivity contribution in [1.29, 1.82) is 0 Å². The maximum Gasteiger partial charge on any atom is 0.136 e. The topological polar surface area (TPSA) is 21.1 Å². The highest BCUT2D eigenvalue weighted by Crippen LogP contribution is 2.35. The first-order valence-electron chi connectivity index (χ1n) is 6.29. The van der Waals surface area contributed by atoms with Gasteiger partial charge in [-0.2, -0.15) is 5.10 Å². The number of nitrogens with zero attached hydrogens (tertiary/aromatic N) is 3. The number of fused-ring (bicyclic) bond motifs is 1. The van der Waals surface area contributed by atoms with Gasteiger partial charge in [0.2, 0.25) is 0 Å². The molecule has 3 rings (SSSR count). The highest BCUT2D eigenvalue weighted by Gasteiger charge is 2.22. The van der Waals surface area contributed by atoms with Crippen LogP contribution in [0.2, 0.25) is 0 Å². The Morgan fingerprint density at radius 2 is 1.95 bits per heavy atom. The fourth-order valence-corrected chi connectivity index (χ4v) is 2.52. The molecule has 2 aromatic rings. The summed E-state index contributed by atoms with van der Waals surface area (Å²) in [7, 11) is 0. The minimum atomic E-state index is 0.284. The third kappa shape index (κ3) is 1.82. The number of anilines is 2. The molecule has 0 N–H and O–H groups in total. The highest BCUT2D eigenvalue weighted by atomic mass is 15.4. The molecule has 0 aliphatic carbocycles. The number of hydrogen-bond donors (Lipinski definition) is 0. The van der Waals surface area contributed by atoms with E-state index in [0.717, 1.165) is 17.1 Å². The van der Waals surface area contributed by atoms with Gasteiger partial charge in [0, 0.05) is 23.0 Å². The maximum absolute atomic E-state index is 5.39. The quantitative estimate of drug-likeness (QED) is 0.721. The lowest BCUT2D eigenvalue weighted by Crippen LogP contribution is -2.25. The van der Waals surface area contributed by atoms with Gasteiger partial charge in [0.25, 0.3) is 0 Å². The predicted octanol–water partition coefficient (Wildman–Crippen LogP) is 3.48. The second-order valence-corrected chi connectivity index (χ2v) is 4.71. The minimum Gasteiger partial charge on any atom is -0.300 e. The summed E-state index contributed by atoms with van der Waals surface area (Å²) in [5.41, 5.74) is 3.19. The SMILES string of the molecule is C#Cc1ccc(N2C(C)=CC(C)n3nccc32)cc1. The molecule has 0 saturated carbocycles. The van der Waals surface area contributed by atoms with Gasteiger partial charge in [-0.25, -0.2) is 4.68 Å². The van der Waals surface area contributed by atoms with Gasteiger partial charge in [-0.05, 0) is 44.2 Å². The van der Waals surface area contributed by atoms with Crippen molar-refractivity contribution in [2.45, 2.75) is 19.9 Å². The highest BCUT2D eigenvalue weighted by molar-refractivity contribution is 5.67. The zero-order valence-electron chi connectivity index (χ0n) is 11.0. The van der Waals surface area contributed by atoms with Crippen LogP contribution in [-0.2, 0) is 0 Å². The van der Waals surface area contributed by atoms with Crippen molar-refractivity contribution in [2.24, 2.45) is 0 Å². The van der Waals surface area contributed by atoms with E-state index in [1.807, 2.05) is 41.2 Å². The van der Waals surface area contributed by atoms with Crippen LogP contribution in [0.4, 0.5) is 11.5 Å². The van der Waals surface area contributed by atoms with Crippen LogP contribution in [0.25, 0.3) is 0 Å². The van der Waals surface area contributed by atoms with Gasteiger partial charge in [-0.3, -0.25) is 4.90 Å². The Balaban J connectivity index is 2.09. The summed E-state index contributed by atoms with van der Waals surface area (Å²) in [6, 6.07) is 10.3. The van der Waals surface area contributed by atoms with Crippen molar-refractivity contribution in [3.05, 3.63) is 53.9 Å². The molecule has 1 aliphatic rings. The summed E-state index contributed by atoms with van der Waals surface area (Å²) in [4.78, 5) is 2.19. The first-order valence-corrected chi connectivity index (χ1v) is 6.29. The summed E-state index contributed by atoms with van der Waals surface area (Å²) in [6.07, 6.45) is 9.43. The fourth-order valence-electron chi connectivity index (χ4n) is 2.52. The average molecular weight is 249 g/mol. The van der Waals surface area contributed by atoms with Crippen LogP contribution < -0.4 is 4.90 Å². The van der Waals surface area contributed by atoms with Crippen LogP contribution >= 0.6 is 0 Å². The second kappa shape index (κ2) is 4.33. The molecule has 1 aliphatic heterocycles. The van der Waals surface area contributed by atoms with E-state index in [9.17, 15) is 0 Å². The van der Waals surface area contributed by atoms with Crippen molar-refractivity contribution in [3.63, 3.8) is 0 Å². The zero-order chi connectivity index (χ0) is 13.4. The lowest BCUT2D eigenvalue weighted by atomic mass is 10.1. The van der Waals surface area contributed by atoms with Gasteiger partial charge in [0.15, 0.2) is 0 Å². The molecular formula is C16H15N3. The summed E-state index contributed by atoms with van der Waals surface area (Å²) >= 11 is 0. The molecule has 0 amide bonds. The lowest BCUT2D eigenvalue weighted by Gasteiger charge is -2.32. The number of aromatic nitrogens is 2. The van der Waals surface area contributed by atoms with Crippen molar-refractivity contribution in [1.82, 2.24) is 9.78 Å². The standard InChI is InChI=1S/C16H15N3/c1-4-14-5-7-15(8-6-14)18-12(2)11-13(3)19-16(18)9-10-17-19/h1,5-11,13H,2-3H3. The molecule has 19 heavy (non-hydrogen) atoms. The summed E-state index contributed by atoms with van der Waals surface area (Å²) < 4.78 is 2.02. The molecule has 0 saturated heterocycles. The molecule has 1 atom stereocenters. The normalized spacial score (nSPS) is 17.6. The van der Waals surface area contributed by atoms with Crippen LogP contribution in [0, 0.1) is 12.3 Å². The molecule has 94 valence electrons. The molecule has 3 nitrogen and oxygen atoms in total. The van der Waals surface area contributed by atoms with E-state index in [-0.39, 0.29) is 6.04 Å². The van der Waals surface area contributed by atoms with E-state index in [1.165, 1.54) is 5.70 Å². The summed E-state index contributed by atoms with van der Waals surface area (Å²) in [5.74, 6) is 3.72. The number of hydrogen-bond acceptors (Lipinski definition) is 2. The van der Waals surface area contributed by atoms with Gasteiger partial charge in [-0.1, -0.05) is 5.92 Å². The molecule has 1 aromatic heterocycles. The van der Waals surface area contributed by atoms with E-state index >= 15 is 0 Å². The molecule has 3 heteroatoms. The zero-order valence-corrected chi connectivity index (χ0v) is 11.0. The number of terminal acetylenes is 1. The average Bonchev–Trinajstić information content (AvgIpc) is 2.89. The Morgan fingerprint density at radius 1 is 1.21 bits per heavy atom. The second-order valence-electron chi connectivity index (χ2n) is 4.71. The van der Waals surface area contributed by atoms with Crippen molar-refractivity contribution < 1.29 is 0 Å². The third-order valence-electron chi connectivity index (χ3n) is 3.39. The van der Waals surface area contributed by atoms with Gasteiger partial charge < -0.3 is 0 Å². The smallest absolute Gasteiger partial charge is 0.136 e. The predicted molar refractivity (Wildman–Crippen MR) is 77.2 cm³/mol. The minimum absolute atomic E-state index is 0.284. The van der Waals surface area contributed by atoms with E-state index in [4.69, 9.17) is 6.42 Å². The largest absolute Gasteiger partial charge is 0.300 e. The maximum atomic E-state index is 5.39. The van der Waals surface area contributed by atoms with Crippen molar-refractivity contribution >= 4 is 11.5 Å². The van der Waals surface area contributed by atoms with Crippen LogP contribution in [0.1, 0.15) is 25.5 Å². The molecule has 1 aromatic carbocycles. The Kier molecular flexibility index (Phi) is 2.64. The first kappa shape index (κ1) is 11.6. The van der Waals surface area contributed by atoms with Crippen molar-refractivity contribution in [3.8, 4) is 12.3 Å². The molecule has 0 bridgehead atoms. The molecule has 1 unspecified atom stereocenters. The summed E-state index contributed by atoms with van der Waals surface area (Å²) in [5, 5.41) is 4.38. The Morgan fingerprint density at radius 3 is 2.63 bits per heavy atom. The molecule has 0 radical (unpaired) electrons. The summed E-state index contributed by atoms with van der Waals surface area (Å²) in [6.45, 7) is 4.25. The van der Waals surface area contributed by atoms with Crippen molar-refractivity contribution in [2.75, 3.05) is 4.90 Å². The van der Waals surface area contributed by atoms with E-state index < -0.39 is 0 Å². The number of benzene rings is 1. The molecule has 0 fully saturated rings.